The molecule has 0 aromatic heterocycles. The van der Waals surface area contributed by atoms with Gasteiger partial charge in [0.2, 0.25) is 0 Å². The molecule has 1 rings (SSSR count). The number of rotatable bonds is 5. The van der Waals surface area contributed by atoms with Gasteiger partial charge in [-0.1, -0.05) is 31.5 Å². The lowest BCUT2D eigenvalue weighted by Gasteiger charge is -2.26. The number of aliphatic hydroxyl groups excluding tert-OH is 1. The van der Waals surface area contributed by atoms with Crippen LogP contribution in [-0.4, -0.2) is 18.3 Å². The Balaban J connectivity index is 2.70. The molecule has 1 unspecified atom stereocenters. The quantitative estimate of drug-likeness (QED) is 0.828. The molecule has 0 bridgehead atoms. The fourth-order valence-electron chi connectivity index (χ4n) is 1.39. The number of hydrogen-bond donors (Lipinski definition) is 2. The predicted molar refractivity (Wildman–Crippen MR) is 70.2 cm³/mol. The Hall–Kier alpha value is -0.730. The van der Waals surface area contributed by atoms with Crippen LogP contribution in [0.3, 0.4) is 0 Å². The van der Waals surface area contributed by atoms with Gasteiger partial charge in [0.05, 0.1) is 6.61 Å². The highest BCUT2D eigenvalue weighted by atomic mass is 35.5. The van der Waals surface area contributed by atoms with Crippen molar-refractivity contribution in [3.63, 3.8) is 0 Å². The van der Waals surface area contributed by atoms with Crippen molar-refractivity contribution in [3.8, 4) is 0 Å². The third-order valence-electron chi connectivity index (χ3n) is 3.14. The molecule has 0 radical (unpaired) electrons. The molecule has 0 saturated carbocycles. The number of nitrogens with one attached hydrogen (secondary N) is 1. The minimum Gasteiger partial charge on any atom is -0.396 e. The third-order valence-corrected chi connectivity index (χ3v) is 3.38. The van der Waals surface area contributed by atoms with Gasteiger partial charge in [-0.15, -0.1) is 0 Å². The Bertz CT molecular complexity index is 348. The van der Waals surface area contributed by atoms with E-state index in [1.54, 1.807) is 0 Å². The van der Waals surface area contributed by atoms with Crippen molar-refractivity contribution < 1.29 is 5.11 Å². The summed E-state index contributed by atoms with van der Waals surface area (Å²) >= 11 is 5.95. The molecule has 0 saturated heterocycles. The summed E-state index contributed by atoms with van der Waals surface area (Å²) in [6.07, 6.45) is 0.941. The Morgan fingerprint density at radius 1 is 1.44 bits per heavy atom. The molecule has 3 heteroatoms. The van der Waals surface area contributed by atoms with E-state index in [0.29, 0.717) is 0 Å². The molecule has 2 nitrogen and oxygen atoms in total. The molecule has 16 heavy (non-hydrogen) atoms. The summed E-state index contributed by atoms with van der Waals surface area (Å²) in [5.74, 6) is 0. The lowest BCUT2D eigenvalue weighted by atomic mass is 9.88. The van der Waals surface area contributed by atoms with Crippen molar-refractivity contribution in [1.82, 2.24) is 0 Å². The molecule has 1 aromatic carbocycles. The number of halogens is 1. The molecule has 90 valence electrons. The molecule has 0 spiro atoms. The monoisotopic (exact) mass is 241 g/mol. The van der Waals surface area contributed by atoms with Crippen molar-refractivity contribution in [2.75, 3.05) is 18.5 Å². The molecular formula is C13H20ClNO. The average Bonchev–Trinajstić information content (AvgIpc) is 2.30. The van der Waals surface area contributed by atoms with Gasteiger partial charge in [0.15, 0.2) is 0 Å². The third kappa shape index (κ3) is 3.39. The van der Waals surface area contributed by atoms with Crippen LogP contribution in [0, 0.1) is 12.3 Å². The molecule has 0 amide bonds. The van der Waals surface area contributed by atoms with Crippen LogP contribution in [0.15, 0.2) is 18.2 Å². The van der Waals surface area contributed by atoms with Gasteiger partial charge in [-0.3, -0.25) is 0 Å². The first-order chi connectivity index (χ1) is 7.50. The zero-order chi connectivity index (χ0) is 12.2. The van der Waals surface area contributed by atoms with E-state index in [9.17, 15) is 5.11 Å². The fourth-order valence-corrected chi connectivity index (χ4v) is 1.56. The normalized spacial score (nSPS) is 14.6. The Labute approximate surface area is 103 Å². The van der Waals surface area contributed by atoms with Crippen molar-refractivity contribution in [2.45, 2.75) is 27.2 Å². The van der Waals surface area contributed by atoms with Crippen LogP contribution >= 0.6 is 11.6 Å². The molecule has 0 aliphatic heterocycles. The number of benzene rings is 1. The Morgan fingerprint density at radius 2 is 2.12 bits per heavy atom. The second-order valence-corrected chi connectivity index (χ2v) is 5.07. The van der Waals surface area contributed by atoms with Crippen LogP contribution in [0.4, 0.5) is 5.69 Å². The zero-order valence-electron chi connectivity index (χ0n) is 10.2. The second kappa shape index (κ2) is 5.55. The highest BCUT2D eigenvalue weighted by Gasteiger charge is 2.20. The maximum atomic E-state index is 9.32. The fraction of sp³-hybridized carbons (Fsp3) is 0.538. The molecule has 0 aliphatic rings. The first kappa shape index (κ1) is 13.3. The van der Waals surface area contributed by atoms with Gasteiger partial charge in [-0.25, -0.2) is 0 Å². The first-order valence-corrected chi connectivity index (χ1v) is 5.99. The zero-order valence-corrected chi connectivity index (χ0v) is 10.9. The predicted octanol–water partition coefficient (Wildman–Crippen LogP) is 3.47. The SMILES string of the molecule is CCC(C)(CO)CNc1cc(Cl)ccc1C. The van der Waals surface area contributed by atoms with Gasteiger partial charge in [0.25, 0.3) is 0 Å². The Kier molecular flexibility index (Phi) is 4.63. The minimum atomic E-state index is -0.0746. The van der Waals surface area contributed by atoms with E-state index in [1.165, 1.54) is 5.56 Å². The van der Waals surface area contributed by atoms with Crippen molar-refractivity contribution in [2.24, 2.45) is 5.41 Å². The Morgan fingerprint density at radius 3 is 2.69 bits per heavy atom. The minimum absolute atomic E-state index is 0.0746. The van der Waals surface area contributed by atoms with Crippen LogP contribution in [-0.2, 0) is 0 Å². The number of aryl methyl sites for hydroxylation is 1. The van der Waals surface area contributed by atoms with Crippen LogP contribution in [0.5, 0.6) is 0 Å². The van der Waals surface area contributed by atoms with E-state index >= 15 is 0 Å². The summed E-state index contributed by atoms with van der Waals surface area (Å²) < 4.78 is 0. The van der Waals surface area contributed by atoms with Gasteiger partial charge in [0.1, 0.15) is 0 Å². The van der Waals surface area contributed by atoms with Gasteiger partial charge in [0, 0.05) is 22.7 Å². The molecule has 1 atom stereocenters. The smallest absolute Gasteiger partial charge is 0.0501 e. The lowest BCUT2D eigenvalue weighted by molar-refractivity contribution is 0.149. The second-order valence-electron chi connectivity index (χ2n) is 4.64. The van der Waals surface area contributed by atoms with E-state index in [0.717, 1.165) is 23.7 Å². The van der Waals surface area contributed by atoms with E-state index in [-0.39, 0.29) is 12.0 Å². The molecule has 2 N–H and O–H groups in total. The maximum absolute atomic E-state index is 9.32. The summed E-state index contributed by atoms with van der Waals surface area (Å²) in [5.41, 5.74) is 2.14. The standard InChI is InChI=1S/C13H20ClNO/c1-4-13(3,9-16)8-15-12-7-11(14)6-5-10(12)2/h5-7,15-16H,4,8-9H2,1-3H3. The summed E-state index contributed by atoms with van der Waals surface area (Å²) in [7, 11) is 0. The van der Waals surface area contributed by atoms with Gasteiger partial charge in [-0.2, -0.15) is 0 Å². The number of anilines is 1. The largest absolute Gasteiger partial charge is 0.396 e. The molecule has 0 aliphatic carbocycles. The summed E-state index contributed by atoms with van der Waals surface area (Å²) in [5, 5.41) is 13.4. The molecule has 0 heterocycles. The molecular weight excluding hydrogens is 222 g/mol. The van der Waals surface area contributed by atoms with Crippen LogP contribution in [0.2, 0.25) is 5.02 Å². The summed E-state index contributed by atoms with van der Waals surface area (Å²) in [6.45, 7) is 7.14. The van der Waals surface area contributed by atoms with E-state index in [1.807, 2.05) is 25.1 Å². The maximum Gasteiger partial charge on any atom is 0.0501 e. The van der Waals surface area contributed by atoms with Crippen molar-refractivity contribution in [1.29, 1.82) is 0 Å². The highest BCUT2D eigenvalue weighted by molar-refractivity contribution is 6.30. The van der Waals surface area contributed by atoms with Gasteiger partial charge in [-0.05, 0) is 31.0 Å². The number of aliphatic hydroxyl groups is 1. The lowest BCUT2D eigenvalue weighted by Crippen LogP contribution is -2.29. The summed E-state index contributed by atoms with van der Waals surface area (Å²) in [4.78, 5) is 0. The summed E-state index contributed by atoms with van der Waals surface area (Å²) in [6, 6.07) is 5.80. The average molecular weight is 242 g/mol. The van der Waals surface area contributed by atoms with Gasteiger partial charge < -0.3 is 10.4 Å². The molecule has 0 fully saturated rings. The first-order valence-electron chi connectivity index (χ1n) is 5.61. The highest BCUT2D eigenvalue weighted by Crippen LogP contribution is 2.24. The van der Waals surface area contributed by atoms with Crippen LogP contribution in [0.25, 0.3) is 0 Å². The van der Waals surface area contributed by atoms with Crippen molar-refractivity contribution in [3.05, 3.63) is 28.8 Å². The topological polar surface area (TPSA) is 32.3 Å². The number of hydrogen-bond acceptors (Lipinski definition) is 2. The van der Waals surface area contributed by atoms with Crippen LogP contribution < -0.4 is 5.32 Å². The molecule has 1 aromatic rings. The van der Waals surface area contributed by atoms with Crippen molar-refractivity contribution >= 4 is 17.3 Å². The van der Waals surface area contributed by atoms with E-state index in [2.05, 4.69) is 19.2 Å². The van der Waals surface area contributed by atoms with Gasteiger partial charge >= 0.3 is 0 Å². The van der Waals surface area contributed by atoms with E-state index < -0.39 is 0 Å². The van der Waals surface area contributed by atoms with E-state index in [4.69, 9.17) is 11.6 Å². The van der Waals surface area contributed by atoms with Crippen LogP contribution in [0.1, 0.15) is 25.8 Å².